The van der Waals surface area contributed by atoms with Crippen molar-refractivity contribution in [3.8, 4) is 5.75 Å². The van der Waals surface area contributed by atoms with Crippen LogP contribution in [0.2, 0.25) is 0 Å². The van der Waals surface area contributed by atoms with E-state index in [4.69, 9.17) is 0 Å². The molecule has 0 heterocycles. The van der Waals surface area contributed by atoms with Gasteiger partial charge in [-0.25, -0.2) is 9.18 Å². The van der Waals surface area contributed by atoms with Crippen molar-refractivity contribution in [1.82, 2.24) is 0 Å². The monoisotopic (exact) mass is 254 g/mol. The zero-order chi connectivity index (χ0) is 13.7. The molecule has 0 aliphatic rings. The van der Waals surface area contributed by atoms with Gasteiger partial charge in [-0.1, -0.05) is 0 Å². The molecule has 0 fully saturated rings. The van der Waals surface area contributed by atoms with Gasteiger partial charge in [0.2, 0.25) is 5.78 Å². The van der Waals surface area contributed by atoms with Crippen LogP contribution in [-0.2, 0) is 14.3 Å². The van der Waals surface area contributed by atoms with E-state index in [2.05, 4.69) is 9.47 Å². The van der Waals surface area contributed by atoms with Crippen molar-refractivity contribution in [3.05, 3.63) is 29.6 Å². The fraction of sp³-hybridized carbons (Fsp3) is 0.250. The van der Waals surface area contributed by atoms with Crippen LogP contribution >= 0.6 is 0 Å². The zero-order valence-electron chi connectivity index (χ0n) is 9.86. The van der Waals surface area contributed by atoms with E-state index in [0.717, 1.165) is 13.2 Å². The third-order valence-corrected chi connectivity index (χ3v) is 2.21. The van der Waals surface area contributed by atoms with Crippen LogP contribution in [0, 0.1) is 5.82 Å². The minimum atomic E-state index is -1.10. The first-order valence-electron chi connectivity index (χ1n) is 4.97. The molecule has 0 amide bonds. The number of hydrogen-bond acceptors (Lipinski definition) is 5. The van der Waals surface area contributed by atoms with Crippen molar-refractivity contribution >= 4 is 17.5 Å². The number of rotatable bonds is 5. The predicted octanol–water partition coefficient (Wildman–Crippen LogP) is 1.15. The van der Waals surface area contributed by atoms with Gasteiger partial charge in [-0.2, -0.15) is 0 Å². The SMILES string of the molecule is COC(=O)C(=O)CC(=O)c1ccc(OC)c(F)c1. The van der Waals surface area contributed by atoms with E-state index in [9.17, 15) is 18.8 Å². The van der Waals surface area contributed by atoms with Crippen LogP contribution in [0.3, 0.4) is 0 Å². The second kappa shape index (κ2) is 5.90. The van der Waals surface area contributed by atoms with Crippen LogP contribution < -0.4 is 4.74 Å². The summed E-state index contributed by atoms with van der Waals surface area (Å²) in [5.74, 6) is -3.46. The van der Waals surface area contributed by atoms with Gasteiger partial charge in [-0.3, -0.25) is 9.59 Å². The lowest BCUT2D eigenvalue weighted by Crippen LogP contribution is -2.19. The van der Waals surface area contributed by atoms with Gasteiger partial charge in [0.25, 0.3) is 0 Å². The van der Waals surface area contributed by atoms with Gasteiger partial charge >= 0.3 is 5.97 Å². The van der Waals surface area contributed by atoms with Gasteiger partial charge in [0.15, 0.2) is 17.3 Å². The Bertz CT molecular complexity index is 495. The second-order valence-electron chi connectivity index (χ2n) is 3.36. The maximum Gasteiger partial charge on any atom is 0.374 e. The molecule has 1 aromatic rings. The Morgan fingerprint density at radius 1 is 1.22 bits per heavy atom. The Morgan fingerprint density at radius 2 is 1.89 bits per heavy atom. The summed E-state index contributed by atoms with van der Waals surface area (Å²) in [6.07, 6.45) is -0.654. The number of carbonyl (C=O) groups is 3. The molecule has 0 unspecified atom stereocenters. The highest BCUT2D eigenvalue weighted by Gasteiger charge is 2.20. The lowest BCUT2D eigenvalue weighted by Gasteiger charge is -2.04. The van der Waals surface area contributed by atoms with Crippen molar-refractivity contribution < 1.29 is 28.2 Å². The van der Waals surface area contributed by atoms with Gasteiger partial charge in [-0.15, -0.1) is 0 Å². The van der Waals surface area contributed by atoms with Crippen LogP contribution in [0.5, 0.6) is 5.75 Å². The van der Waals surface area contributed by atoms with Crippen LogP contribution in [0.25, 0.3) is 0 Å². The normalized spacial score (nSPS) is 9.72. The second-order valence-corrected chi connectivity index (χ2v) is 3.36. The third-order valence-electron chi connectivity index (χ3n) is 2.21. The number of methoxy groups -OCH3 is 2. The summed E-state index contributed by atoms with van der Waals surface area (Å²) in [7, 11) is 2.33. The van der Waals surface area contributed by atoms with E-state index in [-0.39, 0.29) is 11.3 Å². The number of carbonyl (C=O) groups excluding carboxylic acids is 3. The Balaban J connectivity index is 2.82. The van der Waals surface area contributed by atoms with Crippen molar-refractivity contribution in [3.63, 3.8) is 0 Å². The molecule has 1 aromatic carbocycles. The molecule has 0 aliphatic carbocycles. The summed E-state index contributed by atoms with van der Waals surface area (Å²) in [6.45, 7) is 0. The first kappa shape index (κ1) is 13.8. The Morgan fingerprint density at radius 3 is 2.39 bits per heavy atom. The number of benzene rings is 1. The van der Waals surface area contributed by atoms with Gasteiger partial charge < -0.3 is 9.47 Å². The van der Waals surface area contributed by atoms with E-state index in [1.807, 2.05) is 0 Å². The average molecular weight is 254 g/mol. The highest BCUT2D eigenvalue weighted by molar-refractivity contribution is 6.38. The summed E-state index contributed by atoms with van der Waals surface area (Å²) >= 11 is 0. The maximum absolute atomic E-state index is 13.3. The van der Waals surface area contributed by atoms with E-state index in [0.29, 0.717) is 0 Å². The Kier molecular flexibility index (Phi) is 4.53. The number of Topliss-reactive ketones (excluding diaryl/α,β-unsaturated/α-hetero) is 2. The summed E-state index contributed by atoms with van der Waals surface area (Å²) in [4.78, 5) is 33.6. The average Bonchev–Trinajstić information content (AvgIpc) is 2.37. The first-order valence-corrected chi connectivity index (χ1v) is 4.97. The summed E-state index contributed by atoms with van der Waals surface area (Å²) in [6, 6.07) is 3.53. The highest BCUT2D eigenvalue weighted by Crippen LogP contribution is 2.18. The molecular weight excluding hydrogens is 243 g/mol. The van der Waals surface area contributed by atoms with Crippen LogP contribution in [0.4, 0.5) is 4.39 Å². The van der Waals surface area contributed by atoms with E-state index in [1.165, 1.54) is 19.2 Å². The molecule has 0 atom stereocenters. The smallest absolute Gasteiger partial charge is 0.374 e. The molecule has 0 bridgehead atoms. The Labute approximate surface area is 102 Å². The molecule has 0 spiro atoms. The Hall–Kier alpha value is -2.24. The largest absolute Gasteiger partial charge is 0.494 e. The molecule has 6 heteroatoms. The van der Waals surface area contributed by atoms with Crippen LogP contribution in [-0.4, -0.2) is 31.8 Å². The van der Waals surface area contributed by atoms with Gasteiger partial charge in [0, 0.05) is 5.56 Å². The van der Waals surface area contributed by atoms with Crippen molar-refractivity contribution in [1.29, 1.82) is 0 Å². The summed E-state index contributed by atoms with van der Waals surface area (Å²) < 4.78 is 22.2. The first-order chi connectivity index (χ1) is 8.49. The maximum atomic E-state index is 13.3. The van der Waals surface area contributed by atoms with E-state index in [1.54, 1.807) is 0 Å². The fourth-order valence-corrected chi connectivity index (χ4v) is 1.27. The van der Waals surface area contributed by atoms with E-state index >= 15 is 0 Å². The van der Waals surface area contributed by atoms with Crippen LogP contribution in [0.15, 0.2) is 18.2 Å². The van der Waals surface area contributed by atoms with Gasteiger partial charge in [0.1, 0.15) is 0 Å². The quantitative estimate of drug-likeness (QED) is 0.341. The number of esters is 1. The number of ketones is 2. The fourth-order valence-electron chi connectivity index (χ4n) is 1.27. The molecule has 0 radical (unpaired) electrons. The summed E-state index contributed by atoms with van der Waals surface area (Å²) in [5.41, 5.74) is -0.00875. The molecule has 0 aliphatic heterocycles. The van der Waals surface area contributed by atoms with Gasteiger partial charge in [0.05, 0.1) is 20.6 Å². The minimum absolute atomic E-state index is 0.00848. The lowest BCUT2D eigenvalue weighted by atomic mass is 10.1. The van der Waals surface area contributed by atoms with Crippen molar-refractivity contribution in [2.75, 3.05) is 14.2 Å². The molecule has 96 valence electrons. The van der Waals surface area contributed by atoms with Gasteiger partial charge in [-0.05, 0) is 18.2 Å². The third kappa shape index (κ3) is 3.13. The van der Waals surface area contributed by atoms with Crippen LogP contribution in [0.1, 0.15) is 16.8 Å². The van der Waals surface area contributed by atoms with Crippen molar-refractivity contribution in [2.45, 2.75) is 6.42 Å². The molecule has 0 saturated carbocycles. The number of halogens is 1. The minimum Gasteiger partial charge on any atom is -0.494 e. The molecule has 0 aromatic heterocycles. The topological polar surface area (TPSA) is 69.7 Å². The predicted molar refractivity (Wildman–Crippen MR) is 58.9 cm³/mol. The molecule has 0 saturated heterocycles. The molecule has 1 rings (SSSR count). The summed E-state index contributed by atoms with van der Waals surface area (Å²) in [5, 5.41) is 0. The lowest BCUT2D eigenvalue weighted by molar-refractivity contribution is -0.151. The van der Waals surface area contributed by atoms with E-state index < -0.39 is 29.8 Å². The molecular formula is C12H11FO5. The highest BCUT2D eigenvalue weighted by atomic mass is 19.1. The van der Waals surface area contributed by atoms with Crippen molar-refractivity contribution in [2.24, 2.45) is 0 Å². The zero-order valence-corrected chi connectivity index (χ0v) is 9.86. The molecule has 5 nitrogen and oxygen atoms in total. The standard InChI is InChI=1S/C12H11FO5/c1-17-11-4-3-7(5-8(11)13)9(14)6-10(15)12(16)18-2/h3-5H,6H2,1-2H3. The number of hydrogen-bond donors (Lipinski definition) is 0. The molecule has 0 N–H and O–H groups in total. The number of ether oxygens (including phenoxy) is 2. The molecule has 18 heavy (non-hydrogen) atoms.